The van der Waals surface area contributed by atoms with Crippen molar-refractivity contribution in [3.8, 4) is 0 Å². The Morgan fingerprint density at radius 2 is 1.83 bits per heavy atom. The summed E-state index contributed by atoms with van der Waals surface area (Å²) in [5, 5.41) is 0. The SMILES string of the molecule is NC(Cc1cccc(Br)c1)c1cccc(F)c1F. The summed E-state index contributed by atoms with van der Waals surface area (Å²) in [7, 11) is 0. The molecule has 0 aliphatic rings. The van der Waals surface area contributed by atoms with Gasteiger partial charge in [-0.05, 0) is 30.2 Å². The van der Waals surface area contributed by atoms with Crippen LogP contribution in [0.1, 0.15) is 17.2 Å². The van der Waals surface area contributed by atoms with Crippen molar-refractivity contribution in [2.45, 2.75) is 12.5 Å². The van der Waals surface area contributed by atoms with E-state index >= 15 is 0 Å². The molecule has 2 aromatic carbocycles. The third kappa shape index (κ3) is 2.94. The zero-order valence-electron chi connectivity index (χ0n) is 9.54. The predicted octanol–water partition coefficient (Wildman–Crippen LogP) is 3.97. The lowest BCUT2D eigenvalue weighted by atomic mass is 9.99. The van der Waals surface area contributed by atoms with Gasteiger partial charge in [0, 0.05) is 16.1 Å². The highest BCUT2D eigenvalue weighted by atomic mass is 79.9. The van der Waals surface area contributed by atoms with E-state index in [9.17, 15) is 8.78 Å². The molecule has 18 heavy (non-hydrogen) atoms. The normalized spacial score (nSPS) is 12.4. The van der Waals surface area contributed by atoms with Gasteiger partial charge in [-0.1, -0.05) is 40.2 Å². The summed E-state index contributed by atoms with van der Waals surface area (Å²) in [6, 6.07) is 11.1. The monoisotopic (exact) mass is 311 g/mol. The molecule has 1 unspecified atom stereocenters. The topological polar surface area (TPSA) is 26.0 Å². The molecule has 0 aliphatic heterocycles. The van der Waals surface area contributed by atoms with Gasteiger partial charge in [0.05, 0.1) is 0 Å². The molecule has 1 nitrogen and oxygen atoms in total. The van der Waals surface area contributed by atoms with Gasteiger partial charge in [0.15, 0.2) is 11.6 Å². The van der Waals surface area contributed by atoms with Crippen LogP contribution < -0.4 is 5.73 Å². The van der Waals surface area contributed by atoms with Crippen LogP contribution in [0.2, 0.25) is 0 Å². The molecule has 0 amide bonds. The summed E-state index contributed by atoms with van der Waals surface area (Å²) in [4.78, 5) is 0. The van der Waals surface area contributed by atoms with Crippen LogP contribution >= 0.6 is 15.9 Å². The predicted molar refractivity (Wildman–Crippen MR) is 71.1 cm³/mol. The van der Waals surface area contributed by atoms with E-state index in [1.54, 1.807) is 0 Å². The van der Waals surface area contributed by atoms with E-state index in [0.29, 0.717) is 6.42 Å². The quantitative estimate of drug-likeness (QED) is 0.912. The first-order chi connectivity index (χ1) is 8.58. The summed E-state index contributed by atoms with van der Waals surface area (Å²) in [5.74, 6) is -1.72. The lowest BCUT2D eigenvalue weighted by Gasteiger charge is -2.13. The van der Waals surface area contributed by atoms with Crippen LogP contribution in [0, 0.1) is 11.6 Å². The average molecular weight is 312 g/mol. The van der Waals surface area contributed by atoms with E-state index < -0.39 is 17.7 Å². The fourth-order valence-electron chi connectivity index (χ4n) is 1.83. The maximum Gasteiger partial charge on any atom is 0.163 e. The Morgan fingerprint density at radius 1 is 1.11 bits per heavy atom. The van der Waals surface area contributed by atoms with Crippen LogP contribution in [-0.4, -0.2) is 0 Å². The Balaban J connectivity index is 2.22. The molecule has 2 N–H and O–H groups in total. The Morgan fingerprint density at radius 3 is 2.56 bits per heavy atom. The summed E-state index contributed by atoms with van der Waals surface area (Å²) < 4.78 is 27.6. The van der Waals surface area contributed by atoms with Crippen LogP contribution in [0.3, 0.4) is 0 Å². The van der Waals surface area contributed by atoms with Crippen LogP contribution in [-0.2, 0) is 6.42 Å². The molecule has 1 atom stereocenters. The molecule has 0 aromatic heterocycles. The Kier molecular flexibility index (Phi) is 4.09. The van der Waals surface area contributed by atoms with Gasteiger partial charge in [-0.3, -0.25) is 0 Å². The molecule has 4 heteroatoms. The summed E-state index contributed by atoms with van der Waals surface area (Å²) in [5.41, 5.74) is 7.10. The fraction of sp³-hybridized carbons (Fsp3) is 0.143. The third-order valence-corrected chi connectivity index (χ3v) is 3.22. The molecule has 0 spiro atoms. The number of halogens is 3. The minimum Gasteiger partial charge on any atom is -0.324 e. The number of nitrogens with two attached hydrogens (primary N) is 1. The van der Waals surface area contributed by atoms with Crippen molar-refractivity contribution in [2.75, 3.05) is 0 Å². The van der Waals surface area contributed by atoms with Crippen LogP contribution in [0.4, 0.5) is 8.78 Å². The van der Waals surface area contributed by atoms with Crippen LogP contribution in [0.5, 0.6) is 0 Å². The fourth-order valence-corrected chi connectivity index (χ4v) is 2.28. The van der Waals surface area contributed by atoms with Crippen molar-refractivity contribution in [2.24, 2.45) is 5.73 Å². The van der Waals surface area contributed by atoms with Crippen LogP contribution in [0.15, 0.2) is 46.9 Å². The Bertz CT molecular complexity index is 557. The van der Waals surface area contributed by atoms with Gasteiger partial charge < -0.3 is 5.73 Å². The first-order valence-electron chi connectivity index (χ1n) is 5.52. The van der Waals surface area contributed by atoms with E-state index in [0.717, 1.165) is 16.1 Å². The highest BCUT2D eigenvalue weighted by molar-refractivity contribution is 9.10. The molecule has 94 valence electrons. The second-order valence-corrected chi connectivity index (χ2v) is 5.00. The van der Waals surface area contributed by atoms with E-state index in [4.69, 9.17) is 5.73 Å². The molecule has 2 aromatic rings. The maximum absolute atomic E-state index is 13.6. The molecule has 0 bridgehead atoms. The van der Waals surface area contributed by atoms with Gasteiger partial charge in [0.1, 0.15) is 0 Å². The third-order valence-electron chi connectivity index (χ3n) is 2.73. The number of benzene rings is 2. The van der Waals surface area contributed by atoms with Crippen molar-refractivity contribution in [3.63, 3.8) is 0 Å². The number of rotatable bonds is 3. The maximum atomic E-state index is 13.6. The summed E-state index contributed by atoms with van der Waals surface area (Å²) in [6.45, 7) is 0. The van der Waals surface area contributed by atoms with Crippen molar-refractivity contribution in [3.05, 3.63) is 69.7 Å². The van der Waals surface area contributed by atoms with E-state index in [2.05, 4.69) is 15.9 Å². The standard InChI is InChI=1S/C14H12BrF2N/c15-10-4-1-3-9(7-10)8-13(18)11-5-2-6-12(16)14(11)17/h1-7,13H,8,18H2. The highest BCUT2D eigenvalue weighted by Crippen LogP contribution is 2.22. The molecule has 2 rings (SSSR count). The molecular formula is C14H12BrF2N. The minimum atomic E-state index is -0.864. The van der Waals surface area contributed by atoms with Crippen molar-refractivity contribution in [1.29, 1.82) is 0 Å². The van der Waals surface area contributed by atoms with Gasteiger partial charge in [-0.15, -0.1) is 0 Å². The highest BCUT2D eigenvalue weighted by Gasteiger charge is 2.15. The average Bonchev–Trinajstić information content (AvgIpc) is 2.32. The second-order valence-electron chi connectivity index (χ2n) is 4.08. The van der Waals surface area contributed by atoms with E-state index in [-0.39, 0.29) is 5.56 Å². The molecule has 0 heterocycles. The van der Waals surface area contributed by atoms with E-state index in [1.165, 1.54) is 12.1 Å². The van der Waals surface area contributed by atoms with Gasteiger partial charge in [-0.2, -0.15) is 0 Å². The zero-order chi connectivity index (χ0) is 13.1. The van der Waals surface area contributed by atoms with E-state index in [1.807, 2.05) is 24.3 Å². The molecule has 0 aliphatic carbocycles. The smallest absolute Gasteiger partial charge is 0.163 e. The molecule has 0 saturated carbocycles. The summed E-state index contributed by atoms with van der Waals surface area (Å²) in [6.07, 6.45) is 0.458. The van der Waals surface area contributed by atoms with Gasteiger partial charge in [0.25, 0.3) is 0 Å². The summed E-state index contributed by atoms with van der Waals surface area (Å²) >= 11 is 3.36. The first kappa shape index (κ1) is 13.2. The first-order valence-corrected chi connectivity index (χ1v) is 6.31. The Labute approximate surface area is 113 Å². The minimum absolute atomic E-state index is 0.204. The molecule has 0 radical (unpaired) electrons. The Hall–Kier alpha value is -1.26. The molecule has 0 saturated heterocycles. The van der Waals surface area contributed by atoms with Crippen LogP contribution in [0.25, 0.3) is 0 Å². The van der Waals surface area contributed by atoms with Gasteiger partial charge in [0.2, 0.25) is 0 Å². The zero-order valence-corrected chi connectivity index (χ0v) is 11.1. The lowest BCUT2D eigenvalue weighted by molar-refractivity contribution is 0.488. The number of hydrogen-bond acceptors (Lipinski definition) is 1. The van der Waals surface area contributed by atoms with Crippen molar-refractivity contribution in [1.82, 2.24) is 0 Å². The molecule has 0 fully saturated rings. The largest absolute Gasteiger partial charge is 0.324 e. The van der Waals surface area contributed by atoms with Gasteiger partial charge in [-0.25, -0.2) is 8.78 Å². The molecular weight excluding hydrogens is 300 g/mol. The number of hydrogen-bond donors (Lipinski definition) is 1. The van der Waals surface area contributed by atoms with Crippen molar-refractivity contribution >= 4 is 15.9 Å². The van der Waals surface area contributed by atoms with Gasteiger partial charge >= 0.3 is 0 Å². The lowest BCUT2D eigenvalue weighted by Crippen LogP contribution is -2.15. The van der Waals surface area contributed by atoms with Crippen molar-refractivity contribution < 1.29 is 8.78 Å². The second kappa shape index (κ2) is 5.59.